The number of nitrogens with zero attached hydrogens (tertiary/aromatic N) is 4. The highest BCUT2D eigenvalue weighted by atomic mass is 16.7. The summed E-state index contributed by atoms with van der Waals surface area (Å²) in [6, 6.07) is 0. The van der Waals surface area contributed by atoms with Crippen LogP contribution >= 0.6 is 0 Å². The Bertz CT molecular complexity index is 1340. The second-order valence-electron chi connectivity index (χ2n) is 17.2. The van der Waals surface area contributed by atoms with Gasteiger partial charge in [0, 0.05) is 38.3 Å². The number of nitrogens with one attached hydrogen (secondary N) is 1. The van der Waals surface area contributed by atoms with Gasteiger partial charge in [0.05, 0.1) is 64.1 Å². The second-order valence-corrected chi connectivity index (χ2v) is 17.2. The lowest BCUT2D eigenvalue weighted by Gasteiger charge is -2.31. The predicted octanol–water partition coefficient (Wildman–Crippen LogP) is 7.08. The van der Waals surface area contributed by atoms with E-state index < -0.39 is 5.97 Å². The molecule has 0 aliphatic rings. The Morgan fingerprint density at radius 1 is 0.574 bits per heavy atom. The van der Waals surface area contributed by atoms with E-state index in [4.69, 9.17) is 62.7 Å². The van der Waals surface area contributed by atoms with Crippen LogP contribution in [0.3, 0.4) is 0 Å². The summed E-state index contributed by atoms with van der Waals surface area (Å²) in [5.74, 6) is -0.672. The Morgan fingerprint density at radius 3 is 1.56 bits per heavy atom. The lowest BCUT2D eigenvalue weighted by molar-refractivity contribution is -0.273. The van der Waals surface area contributed by atoms with Gasteiger partial charge >= 0.3 is 11.9 Å². The van der Waals surface area contributed by atoms with Crippen LogP contribution in [0.25, 0.3) is 0 Å². The van der Waals surface area contributed by atoms with Gasteiger partial charge in [-0.2, -0.15) is 10.5 Å². The summed E-state index contributed by atoms with van der Waals surface area (Å²) in [5, 5.41) is 23.5. The molecule has 0 aromatic heterocycles. The monoisotopic (exact) mass is 972 g/mol. The Kier molecular flexibility index (Phi) is 43.3. The maximum Gasteiger partial charge on any atom is 0.333 e. The lowest BCUT2D eigenvalue weighted by atomic mass is 10.1. The lowest BCUT2D eigenvalue weighted by Crippen LogP contribution is -2.44. The Hall–Kier alpha value is -3.63. The Balaban J connectivity index is 4.15. The predicted molar refractivity (Wildman–Crippen MR) is 255 cm³/mol. The molecule has 6 unspecified atom stereocenters. The molecule has 19 nitrogen and oxygen atoms in total. The maximum atomic E-state index is 12.5. The number of hydrazine groups is 1. The van der Waals surface area contributed by atoms with E-state index in [1.165, 1.54) is 0 Å². The quantitative estimate of drug-likeness (QED) is 0.0122. The number of amides is 1. The van der Waals surface area contributed by atoms with Gasteiger partial charge in [0.2, 0.25) is 6.41 Å². The van der Waals surface area contributed by atoms with Gasteiger partial charge in [-0.25, -0.2) is 4.79 Å². The van der Waals surface area contributed by atoms with Gasteiger partial charge in [-0.05, 0) is 113 Å². The van der Waals surface area contributed by atoms with Crippen LogP contribution in [0.2, 0.25) is 0 Å². The summed E-state index contributed by atoms with van der Waals surface area (Å²) in [4.78, 5) is 42.1. The van der Waals surface area contributed by atoms with Crippen molar-refractivity contribution in [1.29, 1.82) is 10.5 Å². The zero-order valence-corrected chi connectivity index (χ0v) is 42.8. The second kappa shape index (κ2) is 45.8. The summed E-state index contributed by atoms with van der Waals surface area (Å²) >= 11 is 0. The molecule has 68 heavy (non-hydrogen) atoms. The van der Waals surface area contributed by atoms with Gasteiger partial charge in [0.15, 0.2) is 0 Å². The van der Waals surface area contributed by atoms with E-state index in [1.54, 1.807) is 36.5 Å². The molecule has 0 aliphatic carbocycles. The zero-order valence-electron chi connectivity index (χ0n) is 42.8. The first-order valence-corrected chi connectivity index (χ1v) is 24.8. The van der Waals surface area contributed by atoms with Crippen molar-refractivity contribution in [1.82, 2.24) is 15.5 Å². The van der Waals surface area contributed by atoms with E-state index in [1.807, 2.05) is 34.6 Å². The molecule has 0 saturated heterocycles. The number of hydrogen-bond donors (Lipinski definition) is 1. The smallest absolute Gasteiger partial charge is 0.333 e. The maximum absolute atomic E-state index is 12.5. The molecular formula is C49H89N5O14. The van der Waals surface area contributed by atoms with E-state index in [9.17, 15) is 14.4 Å². The molecule has 0 saturated carbocycles. The molecule has 1 N–H and O–H groups in total. The van der Waals surface area contributed by atoms with Crippen LogP contribution in [-0.4, -0.2) is 158 Å². The Labute approximate surface area is 408 Å². The fourth-order valence-corrected chi connectivity index (χ4v) is 6.18. The molecule has 19 heteroatoms. The van der Waals surface area contributed by atoms with Crippen molar-refractivity contribution >= 4 is 18.3 Å². The first-order chi connectivity index (χ1) is 32.8. The summed E-state index contributed by atoms with van der Waals surface area (Å²) in [5.41, 5.74) is 0.354. The molecule has 0 bridgehead atoms. The number of rotatable bonds is 50. The fraction of sp³-hybridized carbons (Fsp3) is 0.857. The third-order valence-electron chi connectivity index (χ3n) is 10.1. The van der Waals surface area contributed by atoms with Gasteiger partial charge in [-0.15, -0.1) is 0 Å². The third kappa shape index (κ3) is 41.4. The van der Waals surface area contributed by atoms with E-state index >= 15 is 0 Å². The van der Waals surface area contributed by atoms with Crippen LogP contribution in [0.4, 0.5) is 0 Å². The summed E-state index contributed by atoms with van der Waals surface area (Å²) in [6.07, 6.45) is 15.4. The van der Waals surface area contributed by atoms with Crippen molar-refractivity contribution in [3.63, 3.8) is 0 Å². The number of esters is 2. The summed E-state index contributed by atoms with van der Waals surface area (Å²) in [7, 11) is 0. The highest BCUT2D eigenvalue weighted by molar-refractivity contribution is 5.87. The van der Waals surface area contributed by atoms with Gasteiger partial charge < -0.3 is 47.4 Å². The van der Waals surface area contributed by atoms with Gasteiger partial charge in [0.1, 0.15) is 32.2 Å². The molecule has 0 heterocycles. The van der Waals surface area contributed by atoms with E-state index in [0.29, 0.717) is 77.9 Å². The molecule has 0 aromatic carbocycles. The van der Waals surface area contributed by atoms with Crippen molar-refractivity contribution in [2.75, 3.05) is 92.4 Å². The van der Waals surface area contributed by atoms with Crippen LogP contribution < -0.4 is 5.32 Å². The van der Waals surface area contributed by atoms with Crippen LogP contribution in [0, 0.1) is 23.0 Å². The van der Waals surface area contributed by atoms with E-state index in [0.717, 1.165) is 103 Å². The molecule has 0 fully saturated rings. The van der Waals surface area contributed by atoms with Crippen molar-refractivity contribution in [2.45, 2.75) is 181 Å². The van der Waals surface area contributed by atoms with Crippen molar-refractivity contribution < 1.29 is 66.6 Å². The van der Waals surface area contributed by atoms with Crippen molar-refractivity contribution in [3.8, 4) is 12.5 Å². The van der Waals surface area contributed by atoms with E-state index in [2.05, 4.69) is 11.9 Å². The summed E-state index contributed by atoms with van der Waals surface area (Å²) < 4.78 is 55.0. The van der Waals surface area contributed by atoms with Gasteiger partial charge in [-0.3, -0.25) is 24.8 Å². The van der Waals surface area contributed by atoms with Gasteiger partial charge in [0.25, 0.3) is 12.5 Å². The van der Waals surface area contributed by atoms with E-state index in [-0.39, 0.29) is 62.5 Å². The zero-order chi connectivity index (χ0) is 50.5. The minimum absolute atomic E-state index is 0.100. The van der Waals surface area contributed by atoms with Crippen molar-refractivity contribution in [3.05, 3.63) is 12.2 Å². The molecule has 0 aliphatic heterocycles. The average Bonchev–Trinajstić information content (AvgIpc) is 3.31. The van der Waals surface area contributed by atoms with Crippen LogP contribution in [-0.2, 0) is 66.6 Å². The molecular weight excluding hydrogens is 883 g/mol. The first kappa shape index (κ1) is 64.4. The number of hydroxylamine groups is 1. The molecule has 0 spiro atoms. The normalized spacial score (nSPS) is 13.9. The average molecular weight is 972 g/mol. The highest BCUT2D eigenvalue weighted by Crippen LogP contribution is 2.12. The highest BCUT2D eigenvalue weighted by Gasteiger charge is 2.17. The van der Waals surface area contributed by atoms with Gasteiger partial charge in [-0.1, -0.05) is 43.9 Å². The molecule has 6 atom stereocenters. The molecule has 0 rings (SSSR count). The minimum Gasteiger partial charge on any atom is -0.460 e. The summed E-state index contributed by atoms with van der Waals surface area (Å²) in [6.45, 7) is 22.8. The van der Waals surface area contributed by atoms with Crippen LogP contribution in [0.15, 0.2) is 12.2 Å². The minimum atomic E-state index is -0.428. The standard InChI is InChI=1S/C49H89N5O14/c1-41(2)49(57)68-47(8)36-65-45(6)34-63-43(4)32-59-30-22-29-58-31-42(3)62-33-44(5)64-35-46(7)67-48(56)23-16-10-9-12-19-26-54(53(40-55)25-18-13-15-21-28-61-38-51)66-39-52-24-17-11-14-20-27-60-37-50/h40,42-47,52H,1,9-36,39H2,2-8H3. The van der Waals surface area contributed by atoms with Crippen LogP contribution in [0.5, 0.6) is 0 Å². The fourth-order valence-electron chi connectivity index (χ4n) is 6.18. The first-order valence-electron chi connectivity index (χ1n) is 24.8. The third-order valence-corrected chi connectivity index (χ3v) is 10.1. The molecule has 0 radical (unpaired) electrons. The Morgan fingerprint density at radius 2 is 1.03 bits per heavy atom. The van der Waals surface area contributed by atoms with Crippen LogP contribution in [0.1, 0.15) is 145 Å². The topological polar surface area (TPSA) is 219 Å². The molecule has 394 valence electrons. The molecule has 1 amide bonds. The number of unbranched alkanes of at least 4 members (excludes halogenated alkanes) is 10. The number of hydrogen-bond acceptors (Lipinski definition) is 18. The number of carbonyl (C=O) groups excluding carboxylic acids is 3. The largest absolute Gasteiger partial charge is 0.460 e. The number of ether oxygens (including phenoxy) is 10. The number of carbonyl (C=O) groups is 3. The SMILES string of the molecule is C=C(C)C(=O)OC(C)COC(C)COC(C)COCCCOCC(C)OCC(C)OCC(C)OC(=O)CCCCCCCN(OCNCCCCCCOC#N)N(C=O)CCCCCCOC#N. The number of nitriles is 2. The molecule has 0 aromatic rings. The van der Waals surface area contributed by atoms with Crippen molar-refractivity contribution in [2.24, 2.45) is 0 Å².